The Bertz CT molecular complexity index is 339. The highest BCUT2D eigenvalue weighted by Gasteiger charge is 1.98. The van der Waals surface area contributed by atoms with Crippen LogP contribution in [0.25, 0.3) is 11.0 Å². The fourth-order valence-corrected chi connectivity index (χ4v) is 1.20. The van der Waals surface area contributed by atoms with Gasteiger partial charge in [0.2, 0.25) is 0 Å². The minimum Gasteiger partial charge on any atom is -0.341 e. The minimum atomic E-state index is 0. The van der Waals surface area contributed by atoms with Crippen molar-refractivity contribution in [2.45, 2.75) is 5.88 Å². The molecule has 0 aliphatic carbocycles. The van der Waals surface area contributed by atoms with E-state index in [2.05, 4.69) is 9.97 Å². The Morgan fingerprint density at radius 1 is 1.33 bits per heavy atom. The largest absolute Gasteiger partial charge is 0.341 e. The number of aromatic nitrogens is 2. The Morgan fingerprint density at radius 3 is 2.75 bits per heavy atom. The lowest BCUT2D eigenvalue weighted by Gasteiger charge is -1.81. The molecule has 1 aromatic heterocycles. The van der Waals surface area contributed by atoms with Crippen LogP contribution in [0.4, 0.5) is 0 Å². The first kappa shape index (κ1) is 9.55. The summed E-state index contributed by atoms with van der Waals surface area (Å²) in [5, 5.41) is 0. The van der Waals surface area contributed by atoms with Crippen molar-refractivity contribution < 1.29 is 0 Å². The molecule has 0 saturated carbocycles. The van der Waals surface area contributed by atoms with Gasteiger partial charge in [0, 0.05) is 0 Å². The standard InChI is InChI=1S/C8H7ClN2.BrH/c9-5-8-10-6-3-1-2-4-7(6)11-8;/h1-4H,5H2,(H,10,11);1H. The molecule has 64 valence electrons. The van der Waals surface area contributed by atoms with E-state index < -0.39 is 0 Å². The van der Waals surface area contributed by atoms with Gasteiger partial charge in [0.25, 0.3) is 0 Å². The maximum absolute atomic E-state index is 5.60. The molecule has 2 rings (SSSR count). The molecule has 0 unspecified atom stereocenters. The second kappa shape index (κ2) is 3.92. The van der Waals surface area contributed by atoms with Gasteiger partial charge in [-0.1, -0.05) is 12.1 Å². The van der Waals surface area contributed by atoms with Crippen molar-refractivity contribution in [3.8, 4) is 0 Å². The maximum atomic E-state index is 5.60. The van der Waals surface area contributed by atoms with Gasteiger partial charge >= 0.3 is 0 Å². The van der Waals surface area contributed by atoms with Gasteiger partial charge in [-0.25, -0.2) is 4.98 Å². The van der Waals surface area contributed by atoms with Gasteiger partial charge in [-0.3, -0.25) is 0 Å². The molecule has 2 nitrogen and oxygen atoms in total. The van der Waals surface area contributed by atoms with Crippen molar-refractivity contribution in [1.29, 1.82) is 0 Å². The number of nitrogens with zero attached hydrogens (tertiary/aromatic N) is 1. The molecule has 1 aromatic carbocycles. The quantitative estimate of drug-likeness (QED) is 0.771. The zero-order valence-corrected chi connectivity index (χ0v) is 8.72. The van der Waals surface area contributed by atoms with E-state index in [-0.39, 0.29) is 17.0 Å². The van der Waals surface area contributed by atoms with E-state index in [0.717, 1.165) is 16.9 Å². The third-order valence-corrected chi connectivity index (χ3v) is 1.82. The van der Waals surface area contributed by atoms with Crippen LogP contribution in [0.3, 0.4) is 0 Å². The summed E-state index contributed by atoms with van der Waals surface area (Å²) in [5.41, 5.74) is 2.02. The molecule has 0 spiro atoms. The lowest BCUT2D eigenvalue weighted by Crippen LogP contribution is -1.76. The Kier molecular flexibility index (Phi) is 3.12. The normalized spacial score (nSPS) is 9.75. The Morgan fingerprint density at radius 2 is 2.08 bits per heavy atom. The molecule has 0 atom stereocenters. The topological polar surface area (TPSA) is 28.7 Å². The van der Waals surface area contributed by atoms with Crippen LogP contribution in [-0.2, 0) is 5.88 Å². The Balaban J connectivity index is 0.000000720. The van der Waals surface area contributed by atoms with Crippen molar-refractivity contribution in [3.05, 3.63) is 30.1 Å². The monoisotopic (exact) mass is 246 g/mol. The van der Waals surface area contributed by atoms with Crippen molar-refractivity contribution in [2.75, 3.05) is 0 Å². The molecule has 4 heteroatoms. The molecule has 0 amide bonds. The van der Waals surface area contributed by atoms with Crippen LogP contribution >= 0.6 is 28.6 Å². The predicted molar refractivity (Wildman–Crippen MR) is 56.0 cm³/mol. The van der Waals surface area contributed by atoms with Crippen LogP contribution < -0.4 is 0 Å². The average Bonchev–Trinajstić information content (AvgIpc) is 2.46. The summed E-state index contributed by atoms with van der Waals surface area (Å²) in [6.45, 7) is 0. The number of benzene rings is 1. The molecular weight excluding hydrogens is 239 g/mol. The van der Waals surface area contributed by atoms with Crippen LogP contribution in [0, 0.1) is 0 Å². The van der Waals surface area contributed by atoms with Crippen LogP contribution in [0.2, 0.25) is 0 Å². The van der Waals surface area contributed by atoms with E-state index >= 15 is 0 Å². The molecule has 0 radical (unpaired) electrons. The zero-order chi connectivity index (χ0) is 7.68. The van der Waals surface area contributed by atoms with Crippen molar-refractivity contribution in [2.24, 2.45) is 0 Å². The number of alkyl halides is 1. The smallest absolute Gasteiger partial charge is 0.122 e. The van der Waals surface area contributed by atoms with Crippen molar-refractivity contribution >= 4 is 39.6 Å². The fraction of sp³-hybridized carbons (Fsp3) is 0.125. The highest BCUT2D eigenvalue weighted by Crippen LogP contribution is 2.10. The van der Waals surface area contributed by atoms with E-state index in [1.807, 2.05) is 24.3 Å². The number of fused-ring (bicyclic) bond motifs is 1. The summed E-state index contributed by atoms with van der Waals surface area (Å²) in [6.07, 6.45) is 0. The number of para-hydroxylation sites is 2. The van der Waals surface area contributed by atoms with Crippen LogP contribution in [0.1, 0.15) is 5.82 Å². The zero-order valence-electron chi connectivity index (χ0n) is 6.25. The summed E-state index contributed by atoms with van der Waals surface area (Å²) >= 11 is 5.60. The summed E-state index contributed by atoms with van der Waals surface area (Å²) in [6, 6.07) is 7.87. The lowest BCUT2D eigenvalue weighted by molar-refractivity contribution is 1.13. The highest BCUT2D eigenvalue weighted by molar-refractivity contribution is 8.93. The molecule has 12 heavy (non-hydrogen) atoms. The summed E-state index contributed by atoms with van der Waals surface area (Å²) in [4.78, 5) is 7.35. The van der Waals surface area contributed by atoms with E-state index in [9.17, 15) is 0 Å². The third-order valence-electron chi connectivity index (χ3n) is 1.56. The second-order valence-corrected chi connectivity index (χ2v) is 2.60. The van der Waals surface area contributed by atoms with Crippen LogP contribution in [0.5, 0.6) is 0 Å². The molecule has 0 saturated heterocycles. The number of hydrogen-bond donors (Lipinski definition) is 1. The first-order valence-electron chi connectivity index (χ1n) is 3.40. The number of aromatic amines is 1. The molecular formula is C8H8BrClN2. The van der Waals surface area contributed by atoms with Crippen molar-refractivity contribution in [1.82, 2.24) is 9.97 Å². The fourth-order valence-electron chi connectivity index (χ4n) is 1.07. The molecule has 0 bridgehead atoms. The number of nitrogens with one attached hydrogen (secondary N) is 1. The minimum absolute atomic E-state index is 0. The van der Waals surface area contributed by atoms with E-state index in [1.54, 1.807) is 0 Å². The number of rotatable bonds is 1. The Labute approximate surface area is 85.7 Å². The average molecular weight is 248 g/mol. The third kappa shape index (κ3) is 1.62. The number of H-pyrrole nitrogens is 1. The van der Waals surface area contributed by atoms with E-state index in [4.69, 9.17) is 11.6 Å². The lowest BCUT2D eigenvalue weighted by atomic mass is 10.3. The molecule has 2 aromatic rings. The van der Waals surface area contributed by atoms with Crippen molar-refractivity contribution in [3.63, 3.8) is 0 Å². The molecule has 0 fully saturated rings. The van der Waals surface area contributed by atoms with Crippen LogP contribution in [0.15, 0.2) is 24.3 Å². The molecule has 0 aliphatic rings. The number of imidazole rings is 1. The summed E-state index contributed by atoms with van der Waals surface area (Å²) in [5.74, 6) is 1.27. The van der Waals surface area contributed by atoms with Gasteiger partial charge in [0.1, 0.15) is 5.82 Å². The van der Waals surface area contributed by atoms with Gasteiger partial charge in [-0.05, 0) is 12.1 Å². The summed E-state index contributed by atoms with van der Waals surface area (Å²) < 4.78 is 0. The van der Waals surface area contributed by atoms with Gasteiger partial charge in [0.05, 0.1) is 16.9 Å². The second-order valence-electron chi connectivity index (χ2n) is 2.33. The maximum Gasteiger partial charge on any atom is 0.122 e. The molecule has 0 aliphatic heterocycles. The van der Waals surface area contributed by atoms with Crippen LogP contribution in [-0.4, -0.2) is 9.97 Å². The number of halogens is 2. The first-order valence-corrected chi connectivity index (χ1v) is 3.93. The van der Waals surface area contributed by atoms with Gasteiger partial charge < -0.3 is 4.98 Å². The number of hydrogen-bond acceptors (Lipinski definition) is 1. The van der Waals surface area contributed by atoms with Gasteiger partial charge in [-0.15, -0.1) is 28.6 Å². The molecule has 1 N–H and O–H groups in total. The predicted octanol–water partition coefficient (Wildman–Crippen LogP) is 2.88. The van der Waals surface area contributed by atoms with E-state index in [0.29, 0.717) is 5.88 Å². The highest BCUT2D eigenvalue weighted by atomic mass is 79.9. The van der Waals surface area contributed by atoms with Gasteiger partial charge in [-0.2, -0.15) is 0 Å². The van der Waals surface area contributed by atoms with Gasteiger partial charge in [0.15, 0.2) is 0 Å². The summed E-state index contributed by atoms with van der Waals surface area (Å²) in [7, 11) is 0. The SMILES string of the molecule is Br.ClCc1nc2ccccc2[nH]1. The van der Waals surface area contributed by atoms with E-state index in [1.165, 1.54) is 0 Å². The first-order chi connectivity index (χ1) is 5.40. The molecule has 1 heterocycles. The Hall–Kier alpha value is -0.540.